The van der Waals surface area contributed by atoms with E-state index in [2.05, 4.69) is 15.3 Å². The van der Waals surface area contributed by atoms with Gasteiger partial charge in [0, 0.05) is 18.8 Å². The number of ether oxygens (including phenoxy) is 1. The third-order valence-electron chi connectivity index (χ3n) is 3.63. The summed E-state index contributed by atoms with van der Waals surface area (Å²) in [7, 11) is 0. The number of carbonyl (C=O) groups is 1. The molecule has 0 bridgehead atoms. The Morgan fingerprint density at radius 1 is 1.28 bits per heavy atom. The van der Waals surface area contributed by atoms with Gasteiger partial charge in [-0.15, -0.1) is 0 Å². The standard InChI is InChI=1S/C18H27N5O2/c1-18(2,3)25-17(24)23-11-9-15(10-12-23)22-16(19)21-13-20-14-7-5-4-6-8-14/h4-8,13,15H,9-12H2,1-3H3,(H3,19,20,21,22). The lowest BCUT2D eigenvalue weighted by molar-refractivity contribution is 0.0207. The number of nitrogens with two attached hydrogens (primary N) is 1. The van der Waals surface area contributed by atoms with E-state index in [0.29, 0.717) is 13.1 Å². The Balaban J connectivity index is 1.78. The summed E-state index contributed by atoms with van der Waals surface area (Å²) in [6, 6.07) is 9.77. The van der Waals surface area contributed by atoms with Gasteiger partial charge in [-0.2, -0.15) is 0 Å². The zero-order chi connectivity index (χ0) is 18.3. The molecule has 0 unspecified atom stereocenters. The summed E-state index contributed by atoms with van der Waals surface area (Å²) in [6.45, 7) is 6.82. The summed E-state index contributed by atoms with van der Waals surface area (Å²) in [5.74, 6) is 0.235. The van der Waals surface area contributed by atoms with Crippen molar-refractivity contribution in [3.8, 4) is 0 Å². The first-order valence-electron chi connectivity index (χ1n) is 8.49. The average molecular weight is 345 g/mol. The van der Waals surface area contributed by atoms with E-state index in [4.69, 9.17) is 10.5 Å². The van der Waals surface area contributed by atoms with E-state index in [1.54, 1.807) is 4.90 Å². The van der Waals surface area contributed by atoms with Crippen LogP contribution in [0.15, 0.2) is 40.3 Å². The highest BCUT2D eigenvalue weighted by molar-refractivity contribution is 5.90. The minimum absolute atomic E-state index is 0.0764. The van der Waals surface area contributed by atoms with Crippen molar-refractivity contribution >= 4 is 24.1 Å². The van der Waals surface area contributed by atoms with Crippen molar-refractivity contribution in [3.05, 3.63) is 30.3 Å². The van der Waals surface area contributed by atoms with Gasteiger partial charge in [-0.05, 0) is 45.7 Å². The Kier molecular flexibility index (Phi) is 6.38. The number of nitrogens with zero attached hydrogens (tertiary/aromatic N) is 3. The van der Waals surface area contributed by atoms with Crippen molar-refractivity contribution in [2.45, 2.75) is 45.3 Å². The van der Waals surface area contributed by atoms with E-state index >= 15 is 0 Å². The van der Waals surface area contributed by atoms with Crippen LogP contribution >= 0.6 is 0 Å². The predicted molar refractivity (Wildman–Crippen MR) is 101 cm³/mol. The molecule has 0 saturated carbocycles. The van der Waals surface area contributed by atoms with Crippen LogP contribution in [0.1, 0.15) is 33.6 Å². The molecule has 0 aromatic heterocycles. The van der Waals surface area contributed by atoms with E-state index in [-0.39, 0.29) is 18.1 Å². The molecule has 1 aliphatic heterocycles. The van der Waals surface area contributed by atoms with Gasteiger partial charge >= 0.3 is 6.09 Å². The number of benzene rings is 1. The lowest BCUT2D eigenvalue weighted by Gasteiger charge is -2.32. The maximum Gasteiger partial charge on any atom is 0.410 e. The van der Waals surface area contributed by atoms with E-state index < -0.39 is 5.60 Å². The first-order valence-corrected chi connectivity index (χ1v) is 8.49. The van der Waals surface area contributed by atoms with Gasteiger partial charge in [0.25, 0.3) is 0 Å². The van der Waals surface area contributed by atoms with Crippen LogP contribution in [0, 0.1) is 0 Å². The maximum atomic E-state index is 12.0. The highest BCUT2D eigenvalue weighted by Crippen LogP contribution is 2.17. The number of rotatable bonds is 3. The summed E-state index contributed by atoms with van der Waals surface area (Å²) in [4.78, 5) is 22.3. The quantitative estimate of drug-likeness (QED) is 0.651. The number of piperidine rings is 1. The molecule has 1 aromatic carbocycles. The van der Waals surface area contributed by atoms with E-state index in [9.17, 15) is 4.79 Å². The molecule has 0 spiro atoms. The lowest BCUT2D eigenvalue weighted by Crippen LogP contribution is -2.42. The van der Waals surface area contributed by atoms with Crippen LogP contribution in [0.5, 0.6) is 0 Å². The second-order valence-corrected chi connectivity index (χ2v) is 6.95. The highest BCUT2D eigenvalue weighted by atomic mass is 16.6. The van der Waals surface area contributed by atoms with Crippen molar-refractivity contribution in [1.29, 1.82) is 0 Å². The fourth-order valence-corrected chi connectivity index (χ4v) is 2.43. The monoisotopic (exact) mass is 345 g/mol. The molecule has 1 amide bonds. The van der Waals surface area contributed by atoms with Gasteiger partial charge < -0.3 is 20.7 Å². The number of guanidine groups is 1. The van der Waals surface area contributed by atoms with Crippen LogP contribution in [0.2, 0.25) is 0 Å². The molecule has 1 saturated heterocycles. The molecule has 25 heavy (non-hydrogen) atoms. The summed E-state index contributed by atoms with van der Waals surface area (Å²) < 4.78 is 5.38. The smallest absolute Gasteiger partial charge is 0.410 e. The van der Waals surface area contributed by atoms with Gasteiger partial charge in [0.05, 0.1) is 12.4 Å². The molecular formula is C18H27N5O2. The topological polar surface area (TPSA) is 92.3 Å². The maximum absolute atomic E-state index is 12.0. The molecule has 0 aliphatic carbocycles. The molecule has 1 fully saturated rings. The summed E-state index contributed by atoms with van der Waals surface area (Å²) in [5, 5.41) is 3.03. The van der Waals surface area contributed by atoms with Gasteiger partial charge in [0.2, 0.25) is 5.96 Å². The molecule has 3 N–H and O–H groups in total. The molecule has 2 rings (SSSR count). The van der Waals surface area contributed by atoms with Crippen LogP contribution in [0.25, 0.3) is 0 Å². The number of aliphatic imine (C=N–C) groups is 2. The number of hydrogen-bond acceptors (Lipinski definition) is 3. The second-order valence-electron chi connectivity index (χ2n) is 6.95. The van der Waals surface area contributed by atoms with Gasteiger partial charge in [-0.3, -0.25) is 0 Å². The minimum Gasteiger partial charge on any atom is -0.444 e. The van der Waals surface area contributed by atoms with Crippen molar-refractivity contribution in [2.24, 2.45) is 15.7 Å². The zero-order valence-corrected chi connectivity index (χ0v) is 15.1. The molecule has 0 atom stereocenters. The van der Waals surface area contributed by atoms with Crippen LogP contribution in [0.4, 0.5) is 10.5 Å². The Morgan fingerprint density at radius 2 is 1.92 bits per heavy atom. The van der Waals surface area contributed by atoms with Gasteiger partial charge in [-0.1, -0.05) is 18.2 Å². The van der Waals surface area contributed by atoms with Gasteiger partial charge in [0.15, 0.2) is 0 Å². The van der Waals surface area contributed by atoms with Crippen LogP contribution in [-0.4, -0.2) is 48.0 Å². The highest BCUT2D eigenvalue weighted by Gasteiger charge is 2.26. The van der Waals surface area contributed by atoms with E-state index in [1.165, 1.54) is 6.34 Å². The first-order chi connectivity index (χ1) is 11.8. The lowest BCUT2D eigenvalue weighted by atomic mass is 10.1. The van der Waals surface area contributed by atoms with Crippen LogP contribution in [-0.2, 0) is 4.74 Å². The fourth-order valence-electron chi connectivity index (χ4n) is 2.43. The zero-order valence-electron chi connectivity index (χ0n) is 15.1. The Bertz CT molecular complexity index is 614. The van der Waals surface area contributed by atoms with Gasteiger partial charge in [-0.25, -0.2) is 14.8 Å². The number of anilines is 1. The largest absolute Gasteiger partial charge is 0.444 e. The Morgan fingerprint density at radius 3 is 2.52 bits per heavy atom. The number of nitrogens with one attached hydrogen (secondary N) is 1. The van der Waals surface area contributed by atoms with Crippen molar-refractivity contribution in [3.63, 3.8) is 0 Å². The third kappa shape index (κ3) is 6.82. The number of amides is 1. The van der Waals surface area contributed by atoms with E-state index in [0.717, 1.165) is 18.5 Å². The molecular weight excluding hydrogens is 318 g/mol. The SMILES string of the molecule is CC(C)(C)OC(=O)N1CCC(N=C(N)N=CNc2ccccc2)CC1. The predicted octanol–water partition coefficient (Wildman–Crippen LogP) is 2.84. The molecule has 1 aliphatic rings. The number of hydrogen-bond donors (Lipinski definition) is 2. The number of likely N-dealkylation sites (tertiary alicyclic amines) is 1. The Labute approximate surface area is 149 Å². The molecule has 7 heteroatoms. The molecule has 1 heterocycles. The first kappa shape index (κ1) is 18.8. The fraction of sp³-hybridized carbons (Fsp3) is 0.500. The minimum atomic E-state index is -0.475. The second kappa shape index (κ2) is 8.50. The van der Waals surface area contributed by atoms with Crippen LogP contribution in [0.3, 0.4) is 0 Å². The summed E-state index contributed by atoms with van der Waals surface area (Å²) >= 11 is 0. The summed E-state index contributed by atoms with van der Waals surface area (Å²) in [5.41, 5.74) is 6.31. The third-order valence-corrected chi connectivity index (χ3v) is 3.63. The molecule has 7 nitrogen and oxygen atoms in total. The Hall–Kier alpha value is -2.57. The van der Waals surface area contributed by atoms with Gasteiger partial charge in [0.1, 0.15) is 5.60 Å². The van der Waals surface area contributed by atoms with Crippen molar-refractivity contribution < 1.29 is 9.53 Å². The number of para-hydroxylation sites is 1. The molecule has 0 radical (unpaired) electrons. The normalized spacial score (nSPS) is 16.9. The number of carbonyl (C=O) groups excluding carboxylic acids is 1. The molecule has 1 aromatic rings. The molecule has 136 valence electrons. The summed E-state index contributed by atoms with van der Waals surface area (Å²) in [6.07, 6.45) is 2.76. The van der Waals surface area contributed by atoms with Crippen LogP contribution < -0.4 is 11.1 Å². The van der Waals surface area contributed by atoms with E-state index in [1.807, 2.05) is 51.1 Å². The van der Waals surface area contributed by atoms with Crippen molar-refractivity contribution in [1.82, 2.24) is 4.90 Å². The van der Waals surface area contributed by atoms with Crippen molar-refractivity contribution in [2.75, 3.05) is 18.4 Å². The average Bonchev–Trinajstić information content (AvgIpc) is 2.55.